The van der Waals surface area contributed by atoms with E-state index >= 15 is 0 Å². The van der Waals surface area contributed by atoms with E-state index in [9.17, 15) is 0 Å². The van der Waals surface area contributed by atoms with Crippen molar-refractivity contribution in [3.8, 4) is 0 Å². The van der Waals surface area contributed by atoms with E-state index in [1.165, 1.54) is 5.56 Å². The Morgan fingerprint density at radius 2 is 2.12 bits per heavy atom. The van der Waals surface area contributed by atoms with Crippen molar-refractivity contribution < 1.29 is 0 Å². The van der Waals surface area contributed by atoms with Crippen molar-refractivity contribution in [1.82, 2.24) is 10.7 Å². The summed E-state index contributed by atoms with van der Waals surface area (Å²) in [5, 5.41) is 7.45. The van der Waals surface area contributed by atoms with E-state index < -0.39 is 0 Å². The summed E-state index contributed by atoms with van der Waals surface area (Å²) in [7, 11) is 0. The van der Waals surface area contributed by atoms with Crippen LogP contribution in [0.2, 0.25) is 0 Å². The number of aryl methyl sites for hydroxylation is 1. The minimum Gasteiger partial charge on any atom is -0.358 e. The summed E-state index contributed by atoms with van der Waals surface area (Å²) in [5.41, 5.74) is 5.10. The largest absolute Gasteiger partial charge is 0.358 e. The van der Waals surface area contributed by atoms with Crippen LogP contribution >= 0.6 is 12.2 Å². The fourth-order valence-electron chi connectivity index (χ4n) is 1.21. The van der Waals surface area contributed by atoms with Gasteiger partial charge in [0.15, 0.2) is 5.11 Å². The lowest BCUT2D eigenvalue weighted by molar-refractivity contribution is 0.941. The van der Waals surface area contributed by atoms with E-state index in [1.807, 2.05) is 12.1 Å². The molecule has 0 saturated heterocycles. The molecule has 0 bridgehead atoms. The van der Waals surface area contributed by atoms with Gasteiger partial charge in [-0.3, -0.25) is 5.43 Å². The van der Waals surface area contributed by atoms with Gasteiger partial charge in [-0.1, -0.05) is 37.3 Å². The lowest BCUT2D eigenvalue weighted by atomic mass is 10.1. The third-order valence-corrected chi connectivity index (χ3v) is 2.41. The van der Waals surface area contributed by atoms with Crippen LogP contribution in [-0.2, 0) is 6.42 Å². The fourth-order valence-corrected chi connectivity index (χ4v) is 1.35. The van der Waals surface area contributed by atoms with Gasteiger partial charge in [0, 0.05) is 6.54 Å². The van der Waals surface area contributed by atoms with Crippen molar-refractivity contribution in [3.05, 3.63) is 48.0 Å². The van der Waals surface area contributed by atoms with E-state index in [2.05, 4.69) is 41.5 Å². The smallest absolute Gasteiger partial charge is 0.187 e. The van der Waals surface area contributed by atoms with Crippen molar-refractivity contribution in [2.24, 2.45) is 5.10 Å². The minimum atomic E-state index is 0.492. The number of nitrogens with one attached hydrogen (secondary N) is 2. The molecule has 0 unspecified atom stereocenters. The second-order valence-corrected chi connectivity index (χ2v) is 3.87. The number of hydrogen-bond donors (Lipinski definition) is 2. The van der Waals surface area contributed by atoms with Gasteiger partial charge in [-0.15, -0.1) is 6.58 Å². The maximum absolute atomic E-state index is 4.99. The van der Waals surface area contributed by atoms with Crippen molar-refractivity contribution in [2.45, 2.75) is 13.3 Å². The zero-order valence-electron chi connectivity index (χ0n) is 9.94. The summed E-state index contributed by atoms with van der Waals surface area (Å²) in [6, 6.07) is 8.25. The summed E-state index contributed by atoms with van der Waals surface area (Å²) in [6.45, 7) is 6.35. The predicted octanol–water partition coefficient (Wildman–Crippen LogP) is 2.23. The van der Waals surface area contributed by atoms with Crippen LogP contribution in [0.25, 0.3) is 0 Å². The lowest BCUT2D eigenvalue weighted by Crippen LogP contribution is -2.31. The lowest BCUT2D eigenvalue weighted by Gasteiger charge is -2.03. The van der Waals surface area contributed by atoms with E-state index in [0.717, 1.165) is 12.0 Å². The quantitative estimate of drug-likeness (QED) is 0.362. The summed E-state index contributed by atoms with van der Waals surface area (Å²) >= 11 is 4.99. The van der Waals surface area contributed by atoms with Crippen LogP contribution in [0.4, 0.5) is 0 Å². The van der Waals surface area contributed by atoms with Crippen LogP contribution in [0.1, 0.15) is 18.1 Å². The normalized spacial score (nSPS) is 10.2. The molecular weight excluding hydrogens is 230 g/mol. The van der Waals surface area contributed by atoms with Gasteiger partial charge in [0.2, 0.25) is 0 Å². The first-order valence-corrected chi connectivity index (χ1v) is 5.93. The van der Waals surface area contributed by atoms with E-state index in [0.29, 0.717) is 11.7 Å². The first kappa shape index (κ1) is 13.4. The molecule has 1 aromatic rings. The number of benzene rings is 1. The molecule has 0 amide bonds. The zero-order valence-corrected chi connectivity index (χ0v) is 10.8. The Bertz CT molecular complexity index is 396. The van der Waals surface area contributed by atoms with Gasteiger partial charge >= 0.3 is 0 Å². The molecule has 0 atom stereocenters. The molecule has 2 N–H and O–H groups in total. The van der Waals surface area contributed by atoms with Gasteiger partial charge in [0.05, 0.1) is 6.21 Å². The summed E-state index contributed by atoms with van der Waals surface area (Å²) in [6.07, 6.45) is 4.52. The third kappa shape index (κ3) is 5.26. The molecule has 0 radical (unpaired) electrons. The third-order valence-electron chi connectivity index (χ3n) is 2.17. The summed E-state index contributed by atoms with van der Waals surface area (Å²) in [4.78, 5) is 0. The maximum Gasteiger partial charge on any atom is 0.187 e. The van der Waals surface area contributed by atoms with Gasteiger partial charge in [-0.05, 0) is 29.8 Å². The Labute approximate surface area is 108 Å². The van der Waals surface area contributed by atoms with Crippen LogP contribution in [0.15, 0.2) is 42.0 Å². The summed E-state index contributed by atoms with van der Waals surface area (Å²) in [5.74, 6) is 0. The van der Waals surface area contributed by atoms with Gasteiger partial charge in [0.25, 0.3) is 0 Å². The van der Waals surface area contributed by atoms with Crippen molar-refractivity contribution >= 4 is 23.5 Å². The van der Waals surface area contributed by atoms with Gasteiger partial charge < -0.3 is 5.32 Å². The SMILES string of the molecule is C=CCNC(=S)N/N=C\c1ccc(CC)cc1. The second-order valence-electron chi connectivity index (χ2n) is 3.46. The molecule has 0 saturated carbocycles. The van der Waals surface area contributed by atoms with E-state index in [4.69, 9.17) is 12.2 Å². The highest BCUT2D eigenvalue weighted by atomic mass is 32.1. The van der Waals surface area contributed by atoms with Crippen molar-refractivity contribution in [2.75, 3.05) is 6.54 Å². The molecule has 1 aromatic carbocycles. The van der Waals surface area contributed by atoms with Crippen LogP contribution in [0.5, 0.6) is 0 Å². The molecule has 0 aliphatic rings. The monoisotopic (exact) mass is 247 g/mol. The predicted molar refractivity (Wildman–Crippen MR) is 77.3 cm³/mol. The van der Waals surface area contributed by atoms with Crippen LogP contribution in [0.3, 0.4) is 0 Å². The van der Waals surface area contributed by atoms with Crippen molar-refractivity contribution in [1.29, 1.82) is 0 Å². The summed E-state index contributed by atoms with van der Waals surface area (Å²) < 4.78 is 0. The van der Waals surface area contributed by atoms with Crippen molar-refractivity contribution in [3.63, 3.8) is 0 Å². The highest BCUT2D eigenvalue weighted by Crippen LogP contribution is 2.02. The molecule has 0 fully saturated rings. The first-order chi connectivity index (χ1) is 8.26. The molecule has 3 nitrogen and oxygen atoms in total. The fraction of sp³-hybridized carbons (Fsp3) is 0.231. The van der Waals surface area contributed by atoms with Crippen LogP contribution in [-0.4, -0.2) is 17.9 Å². The number of hydrazone groups is 1. The number of nitrogens with zero attached hydrogens (tertiary/aromatic N) is 1. The Morgan fingerprint density at radius 3 is 2.71 bits per heavy atom. The second kappa shape index (κ2) is 7.57. The molecular formula is C13H17N3S. The van der Waals surface area contributed by atoms with Gasteiger partial charge in [0.1, 0.15) is 0 Å². The number of thiocarbonyl (C=S) groups is 1. The Balaban J connectivity index is 2.42. The number of rotatable bonds is 5. The Kier molecular flexibility index (Phi) is 5.96. The molecule has 0 spiro atoms. The Hall–Kier alpha value is -1.68. The number of hydrogen-bond acceptors (Lipinski definition) is 2. The Morgan fingerprint density at radius 1 is 1.41 bits per heavy atom. The highest BCUT2D eigenvalue weighted by molar-refractivity contribution is 7.80. The van der Waals surface area contributed by atoms with Crippen LogP contribution in [0, 0.1) is 0 Å². The van der Waals surface area contributed by atoms with Crippen LogP contribution < -0.4 is 10.7 Å². The van der Waals surface area contributed by atoms with Gasteiger partial charge in [-0.2, -0.15) is 5.10 Å². The average Bonchev–Trinajstić information content (AvgIpc) is 2.37. The van der Waals surface area contributed by atoms with E-state index in [-0.39, 0.29) is 0 Å². The molecule has 1 rings (SSSR count). The standard InChI is InChI=1S/C13H17N3S/c1-3-9-14-13(17)16-15-10-12-7-5-11(4-2)6-8-12/h3,5-8,10H,1,4,9H2,2H3,(H2,14,16,17)/b15-10-. The highest BCUT2D eigenvalue weighted by Gasteiger charge is 1.91. The first-order valence-electron chi connectivity index (χ1n) is 5.53. The molecule has 0 aliphatic carbocycles. The molecule has 0 aromatic heterocycles. The average molecular weight is 247 g/mol. The topological polar surface area (TPSA) is 36.4 Å². The molecule has 90 valence electrons. The minimum absolute atomic E-state index is 0.492. The maximum atomic E-state index is 4.99. The molecule has 4 heteroatoms. The van der Waals surface area contributed by atoms with Gasteiger partial charge in [-0.25, -0.2) is 0 Å². The molecule has 0 heterocycles. The molecule has 0 aliphatic heterocycles. The zero-order chi connectivity index (χ0) is 12.5. The molecule has 17 heavy (non-hydrogen) atoms. The van der Waals surface area contributed by atoms with E-state index in [1.54, 1.807) is 12.3 Å².